The van der Waals surface area contributed by atoms with E-state index in [1.807, 2.05) is 13.2 Å². The molecule has 10 nitrogen and oxygen atoms in total. The molecule has 1 N–H and O–H groups in total. The van der Waals surface area contributed by atoms with E-state index in [4.69, 9.17) is 16.3 Å². The molecule has 1 aliphatic heterocycles. The number of carbonyl (C=O) groups is 2. The van der Waals surface area contributed by atoms with E-state index in [-0.39, 0.29) is 37.4 Å². The number of likely N-dealkylation sites (tertiary alicyclic amines) is 1. The largest absolute Gasteiger partial charge is 0.495 e. The number of fused-ring (bicyclic) bond motifs is 1. The molecule has 1 saturated heterocycles. The molecule has 39 heavy (non-hydrogen) atoms. The van der Waals surface area contributed by atoms with Crippen LogP contribution in [0.15, 0.2) is 53.8 Å². The van der Waals surface area contributed by atoms with Gasteiger partial charge in [0.25, 0.3) is 11.5 Å². The lowest BCUT2D eigenvalue weighted by molar-refractivity contribution is -0.144. The van der Waals surface area contributed by atoms with E-state index < -0.39 is 23.0 Å². The SMILES string of the molecule is COc1cc(CNC(=O)c2cc3cc(-c4cn(C)cn4)cnc3n(CC(=O)N3CC(C)(F)C3)c2=O)ccc1Cl. The maximum Gasteiger partial charge on any atom is 0.265 e. The number of nitrogens with zero attached hydrogens (tertiary/aromatic N) is 5. The van der Waals surface area contributed by atoms with Gasteiger partial charge in [-0.15, -0.1) is 0 Å². The minimum absolute atomic E-state index is 0.0551. The van der Waals surface area contributed by atoms with E-state index in [9.17, 15) is 18.8 Å². The van der Waals surface area contributed by atoms with E-state index in [1.165, 1.54) is 25.0 Å². The van der Waals surface area contributed by atoms with E-state index in [2.05, 4.69) is 15.3 Å². The monoisotopic (exact) mass is 552 g/mol. The molecule has 12 heteroatoms. The number of rotatable bonds is 7. The topological polar surface area (TPSA) is 111 Å². The Labute approximate surface area is 228 Å². The highest BCUT2D eigenvalue weighted by Gasteiger charge is 2.41. The van der Waals surface area contributed by atoms with Gasteiger partial charge in [-0.1, -0.05) is 17.7 Å². The number of aryl methyl sites for hydroxylation is 1. The van der Waals surface area contributed by atoms with Crippen molar-refractivity contribution in [1.82, 2.24) is 29.3 Å². The first kappa shape index (κ1) is 26.4. The summed E-state index contributed by atoms with van der Waals surface area (Å²) in [4.78, 5) is 49.7. The van der Waals surface area contributed by atoms with Crippen molar-refractivity contribution >= 4 is 34.4 Å². The van der Waals surface area contributed by atoms with E-state index in [0.717, 1.165) is 4.57 Å². The van der Waals surface area contributed by atoms with Crippen molar-refractivity contribution in [3.8, 4) is 17.0 Å². The smallest absolute Gasteiger partial charge is 0.265 e. The number of ether oxygens (including phenoxy) is 1. The summed E-state index contributed by atoms with van der Waals surface area (Å²) in [7, 11) is 3.33. The zero-order valence-corrected chi connectivity index (χ0v) is 22.3. The number of benzene rings is 1. The highest BCUT2D eigenvalue weighted by atomic mass is 35.5. The summed E-state index contributed by atoms with van der Waals surface area (Å²) < 4.78 is 22.2. The van der Waals surface area contributed by atoms with E-state index in [1.54, 1.807) is 41.4 Å². The number of alkyl halides is 1. The fourth-order valence-corrected chi connectivity index (χ4v) is 4.72. The molecule has 0 spiro atoms. The van der Waals surface area contributed by atoms with Crippen molar-refractivity contribution in [2.75, 3.05) is 20.2 Å². The lowest BCUT2D eigenvalue weighted by Crippen LogP contribution is -2.60. The number of pyridine rings is 2. The van der Waals surface area contributed by atoms with Gasteiger partial charge < -0.3 is 19.5 Å². The lowest BCUT2D eigenvalue weighted by Gasteiger charge is -2.42. The number of methoxy groups -OCH3 is 1. The molecule has 5 rings (SSSR count). The van der Waals surface area contributed by atoms with Crippen molar-refractivity contribution in [2.24, 2.45) is 7.05 Å². The first-order chi connectivity index (χ1) is 18.5. The van der Waals surface area contributed by atoms with Gasteiger partial charge in [-0.2, -0.15) is 0 Å². The summed E-state index contributed by atoms with van der Waals surface area (Å²) in [6.45, 7) is 1.04. The molecule has 0 saturated carbocycles. The minimum atomic E-state index is -1.45. The predicted molar refractivity (Wildman–Crippen MR) is 143 cm³/mol. The van der Waals surface area contributed by atoms with Gasteiger partial charge in [-0.05, 0) is 36.8 Å². The predicted octanol–water partition coefficient (Wildman–Crippen LogP) is 2.96. The molecule has 1 aliphatic rings. The van der Waals surface area contributed by atoms with Crippen LogP contribution in [-0.4, -0.2) is 61.7 Å². The average molecular weight is 553 g/mol. The summed E-state index contributed by atoms with van der Waals surface area (Å²) >= 11 is 6.08. The molecule has 3 aromatic heterocycles. The molecule has 0 radical (unpaired) electrons. The van der Waals surface area contributed by atoms with Gasteiger partial charge in [0.15, 0.2) is 0 Å². The molecule has 0 aliphatic carbocycles. The molecule has 4 heterocycles. The number of hydrogen-bond donors (Lipinski definition) is 1. The third-order valence-electron chi connectivity index (χ3n) is 6.53. The average Bonchev–Trinajstić information content (AvgIpc) is 3.33. The second kappa shape index (κ2) is 10.1. The van der Waals surface area contributed by atoms with Gasteiger partial charge in [-0.25, -0.2) is 14.4 Å². The molecule has 202 valence electrons. The zero-order chi connectivity index (χ0) is 27.9. The van der Waals surface area contributed by atoms with Gasteiger partial charge in [-0.3, -0.25) is 19.0 Å². The van der Waals surface area contributed by atoms with Crippen LogP contribution in [0.5, 0.6) is 5.75 Å². The Morgan fingerprint density at radius 2 is 1.97 bits per heavy atom. The van der Waals surface area contributed by atoms with Crippen molar-refractivity contribution in [3.05, 3.63) is 75.6 Å². The normalized spacial score (nSPS) is 14.2. The highest BCUT2D eigenvalue weighted by Crippen LogP contribution is 2.26. The van der Waals surface area contributed by atoms with Crippen molar-refractivity contribution in [3.63, 3.8) is 0 Å². The number of aromatic nitrogens is 4. The molecular weight excluding hydrogens is 527 g/mol. The summed E-state index contributed by atoms with van der Waals surface area (Å²) in [6, 6.07) is 8.29. The zero-order valence-electron chi connectivity index (χ0n) is 21.6. The van der Waals surface area contributed by atoms with Crippen LogP contribution < -0.4 is 15.6 Å². The first-order valence-electron chi connectivity index (χ1n) is 12.1. The summed E-state index contributed by atoms with van der Waals surface area (Å²) in [5, 5.41) is 3.65. The summed E-state index contributed by atoms with van der Waals surface area (Å²) in [6.07, 6.45) is 5.02. The lowest BCUT2D eigenvalue weighted by atomic mass is 9.99. The quantitative estimate of drug-likeness (QED) is 0.377. The number of nitrogens with one attached hydrogen (secondary N) is 1. The van der Waals surface area contributed by atoms with Gasteiger partial charge in [0, 0.05) is 36.9 Å². The number of amides is 2. The Kier molecular flexibility index (Phi) is 6.85. The van der Waals surface area contributed by atoms with Crippen LogP contribution in [0.25, 0.3) is 22.3 Å². The Hall–Kier alpha value is -4.25. The minimum Gasteiger partial charge on any atom is -0.495 e. The number of hydrogen-bond acceptors (Lipinski definition) is 6. The van der Waals surface area contributed by atoms with E-state index >= 15 is 0 Å². The fourth-order valence-electron chi connectivity index (χ4n) is 4.53. The van der Waals surface area contributed by atoms with Crippen molar-refractivity contribution in [1.29, 1.82) is 0 Å². The van der Waals surface area contributed by atoms with Gasteiger partial charge in [0.1, 0.15) is 29.2 Å². The van der Waals surface area contributed by atoms with Crippen LogP contribution in [0.4, 0.5) is 4.39 Å². The molecule has 0 unspecified atom stereocenters. The molecule has 2 amide bonds. The number of halogens is 2. The molecular formula is C27H26ClFN6O4. The maximum atomic E-state index is 14.0. The van der Waals surface area contributed by atoms with Gasteiger partial charge in [0.2, 0.25) is 5.91 Å². The van der Waals surface area contributed by atoms with Crippen LogP contribution in [0.3, 0.4) is 0 Å². The summed E-state index contributed by atoms with van der Waals surface area (Å²) in [5.41, 5.74) is -0.00672. The van der Waals surface area contributed by atoms with Crippen LogP contribution in [-0.2, 0) is 24.9 Å². The van der Waals surface area contributed by atoms with Gasteiger partial charge in [0.05, 0.1) is 37.2 Å². The third kappa shape index (κ3) is 5.35. The highest BCUT2D eigenvalue weighted by molar-refractivity contribution is 6.32. The Morgan fingerprint density at radius 3 is 2.64 bits per heavy atom. The molecule has 0 bridgehead atoms. The maximum absolute atomic E-state index is 14.0. The third-order valence-corrected chi connectivity index (χ3v) is 6.84. The molecule has 0 atom stereocenters. The standard InChI is InChI=1S/C27H26ClFN6O4/c1-27(29)13-34(14-27)23(36)12-35-24-17(7-18(10-30-24)21-11-33(2)15-32-21)8-19(26(35)38)25(37)31-9-16-4-5-20(28)22(6-16)39-3/h4-8,10-11,15H,9,12-14H2,1-3H3,(H,31,37). The Balaban J connectivity index is 1.50. The van der Waals surface area contributed by atoms with Crippen molar-refractivity contribution in [2.45, 2.75) is 25.7 Å². The Bertz CT molecular complexity index is 1660. The van der Waals surface area contributed by atoms with Crippen LogP contribution in [0.2, 0.25) is 5.02 Å². The van der Waals surface area contributed by atoms with Crippen LogP contribution >= 0.6 is 11.6 Å². The van der Waals surface area contributed by atoms with Crippen molar-refractivity contribution < 1.29 is 18.7 Å². The number of carbonyl (C=O) groups excluding carboxylic acids is 2. The van der Waals surface area contributed by atoms with Crippen LogP contribution in [0.1, 0.15) is 22.8 Å². The van der Waals surface area contributed by atoms with Gasteiger partial charge >= 0.3 is 0 Å². The van der Waals surface area contributed by atoms with Crippen LogP contribution in [0, 0.1) is 0 Å². The Morgan fingerprint density at radius 1 is 1.21 bits per heavy atom. The second-order valence-electron chi connectivity index (χ2n) is 9.83. The molecule has 4 aromatic rings. The number of imidazole rings is 1. The molecule has 1 fully saturated rings. The fraction of sp³-hybridized carbons (Fsp3) is 0.296. The second-order valence-corrected chi connectivity index (χ2v) is 10.2. The first-order valence-corrected chi connectivity index (χ1v) is 12.5. The molecule has 1 aromatic carbocycles. The summed E-state index contributed by atoms with van der Waals surface area (Å²) in [5.74, 6) is -0.603. The van der Waals surface area contributed by atoms with E-state index in [0.29, 0.717) is 33.0 Å².